The molecule has 1 aromatic carbocycles. The van der Waals surface area contributed by atoms with Crippen molar-refractivity contribution >= 4 is 19.1 Å². The number of rotatable bonds is 9. The molecule has 0 aliphatic carbocycles. The minimum atomic E-state index is -3.79. The molecule has 7 nitrogen and oxygen atoms in total. The minimum Gasteiger partial charge on any atom is -0.331 e. The average molecular weight is 479 g/mol. The second-order valence-electron chi connectivity index (χ2n) is 6.28. The van der Waals surface area contributed by atoms with E-state index in [0.29, 0.717) is 5.69 Å². The summed E-state index contributed by atoms with van der Waals surface area (Å²) >= 11 is 4.84. The van der Waals surface area contributed by atoms with Gasteiger partial charge in [0.2, 0.25) is 5.82 Å². The predicted octanol–water partition coefficient (Wildman–Crippen LogP) is 5.22. The highest BCUT2D eigenvalue weighted by atomic mass is 35.5. The molecular formula is C18H16ClF4N4O3P. The molecule has 2 aromatic heterocycles. The number of alkyl halides is 3. The van der Waals surface area contributed by atoms with Gasteiger partial charge in [-0.3, -0.25) is 9.55 Å². The van der Waals surface area contributed by atoms with Gasteiger partial charge in [-0.1, -0.05) is 11.2 Å². The predicted molar refractivity (Wildman–Crippen MR) is 103 cm³/mol. The van der Waals surface area contributed by atoms with Crippen LogP contribution < -0.4 is 5.09 Å². The maximum absolute atomic E-state index is 13.8. The van der Waals surface area contributed by atoms with Gasteiger partial charge in [0.25, 0.3) is 7.52 Å². The van der Waals surface area contributed by atoms with Gasteiger partial charge in [0, 0.05) is 29.9 Å². The number of pyridine rings is 1. The zero-order chi connectivity index (χ0) is 22.6. The number of hydrogen-bond donors (Lipinski definition) is 1. The molecule has 0 saturated heterocycles. The summed E-state index contributed by atoms with van der Waals surface area (Å²) in [6.07, 6.45) is 1.15. The van der Waals surface area contributed by atoms with E-state index in [4.69, 9.17) is 16.1 Å². The normalized spacial score (nSPS) is 13.9. The summed E-state index contributed by atoms with van der Waals surface area (Å²) in [4.78, 5) is 7.63. The third-order valence-electron chi connectivity index (χ3n) is 3.98. The number of aromatic nitrogens is 3. The van der Waals surface area contributed by atoms with Crippen molar-refractivity contribution in [3.05, 3.63) is 65.3 Å². The molecule has 0 bridgehead atoms. The molecule has 166 valence electrons. The van der Waals surface area contributed by atoms with Gasteiger partial charge < -0.3 is 9.05 Å². The smallest absolute Gasteiger partial charge is 0.331 e. The first kappa shape index (κ1) is 23.3. The summed E-state index contributed by atoms with van der Waals surface area (Å²) in [6, 6.07) is 6.02. The third-order valence-corrected chi connectivity index (χ3v) is 6.20. The van der Waals surface area contributed by atoms with Gasteiger partial charge in [-0.05, 0) is 36.7 Å². The highest BCUT2D eigenvalue weighted by Crippen LogP contribution is 2.46. The zero-order valence-electron chi connectivity index (χ0n) is 16.0. The van der Waals surface area contributed by atoms with E-state index in [1.807, 2.05) is 0 Å². The lowest BCUT2D eigenvalue weighted by Gasteiger charge is -2.19. The van der Waals surface area contributed by atoms with E-state index in [9.17, 15) is 22.1 Å². The maximum Gasteiger partial charge on any atom is 0.400 e. The standard InChI is InChI=1S/C18H16ClF4N4O3P/c1-2-29-31(28,25-9-11-3-5-13(20)7-15(11)21)10-14-6-4-12(8-24-14)16-26-17(30-27-16)18(19,22)23/h3-8H,2,9-10H2,1H3,(H,25,28). The molecular weight excluding hydrogens is 463 g/mol. The Morgan fingerprint density at radius 2 is 2.03 bits per heavy atom. The Labute approximate surface area is 179 Å². The Morgan fingerprint density at radius 3 is 2.61 bits per heavy atom. The van der Waals surface area contributed by atoms with Gasteiger partial charge in [-0.2, -0.15) is 13.8 Å². The first-order valence-electron chi connectivity index (χ1n) is 8.88. The molecule has 0 aliphatic heterocycles. The van der Waals surface area contributed by atoms with Crippen molar-refractivity contribution in [3.63, 3.8) is 0 Å². The van der Waals surface area contributed by atoms with Crippen LogP contribution in [0, 0.1) is 11.6 Å². The summed E-state index contributed by atoms with van der Waals surface area (Å²) < 4.78 is 75.7. The van der Waals surface area contributed by atoms with Crippen molar-refractivity contribution < 1.29 is 31.2 Å². The lowest BCUT2D eigenvalue weighted by atomic mass is 10.2. The summed E-state index contributed by atoms with van der Waals surface area (Å²) in [5, 5.41) is 2.31. The minimum absolute atomic E-state index is 0.118. The Hall–Kier alpha value is -2.33. The molecule has 3 aromatic rings. The molecule has 2 heterocycles. The van der Waals surface area contributed by atoms with Crippen molar-refractivity contribution in [2.24, 2.45) is 0 Å². The van der Waals surface area contributed by atoms with E-state index in [2.05, 4.69) is 24.7 Å². The second-order valence-corrected chi connectivity index (χ2v) is 8.99. The van der Waals surface area contributed by atoms with E-state index in [0.717, 1.165) is 12.1 Å². The average Bonchev–Trinajstić information content (AvgIpc) is 3.19. The maximum atomic E-state index is 13.8. The molecule has 1 unspecified atom stereocenters. The van der Waals surface area contributed by atoms with Gasteiger partial charge in [0.1, 0.15) is 11.6 Å². The SMILES string of the molecule is CCOP(=O)(Cc1ccc(-c2noc(C(F)(F)Cl)n2)cn1)NCc1ccc(F)cc1F. The van der Waals surface area contributed by atoms with E-state index in [1.165, 1.54) is 24.4 Å². The van der Waals surface area contributed by atoms with Crippen LogP contribution in [0.3, 0.4) is 0 Å². The van der Waals surface area contributed by atoms with Crippen LogP contribution in [0.15, 0.2) is 41.1 Å². The lowest BCUT2D eigenvalue weighted by molar-refractivity contribution is 0.0551. The number of halogens is 5. The topological polar surface area (TPSA) is 90.1 Å². The molecule has 13 heteroatoms. The van der Waals surface area contributed by atoms with Crippen LogP contribution >= 0.6 is 19.1 Å². The summed E-state index contributed by atoms with van der Waals surface area (Å²) in [5.41, 5.74) is 0.736. The van der Waals surface area contributed by atoms with Crippen LogP contribution in [-0.4, -0.2) is 21.7 Å². The van der Waals surface area contributed by atoms with Crippen molar-refractivity contribution in [3.8, 4) is 11.4 Å². The summed E-state index contributed by atoms with van der Waals surface area (Å²) in [7, 11) is -3.48. The van der Waals surface area contributed by atoms with E-state index in [1.54, 1.807) is 6.92 Å². The van der Waals surface area contributed by atoms with Crippen molar-refractivity contribution in [2.45, 2.75) is 25.0 Å². The number of nitrogens with one attached hydrogen (secondary N) is 1. The van der Waals surface area contributed by atoms with E-state index < -0.39 is 30.4 Å². The van der Waals surface area contributed by atoms with Gasteiger partial charge >= 0.3 is 11.3 Å². The molecule has 0 aliphatic rings. The van der Waals surface area contributed by atoms with Gasteiger partial charge in [-0.25, -0.2) is 13.9 Å². The lowest BCUT2D eigenvalue weighted by Crippen LogP contribution is -2.15. The molecule has 0 amide bonds. The van der Waals surface area contributed by atoms with Crippen LogP contribution in [-0.2, 0) is 27.2 Å². The van der Waals surface area contributed by atoms with Crippen molar-refractivity contribution in [2.75, 3.05) is 6.61 Å². The zero-order valence-corrected chi connectivity index (χ0v) is 17.6. The fourth-order valence-electron chi connectivity index (χ4n) is 2.55. The summed E-state index contributed by atoms with van der Waals surface area (Å²) in [6.45, 7) is 1.61. The third kappa shape index (κ3) is 6.10. The van der Waals surface area contributed by atoms with E-state index in [-0.39, 0.29) is 36.3 Å². The largest absolute Gasteiger partial charge is 0.400 e. The molecule has 31 heavy (non-hydrogen) atoms. The monoisotopic (exact) mass is 478 g/mol. The molecule has 0 radical (unpaired) electrons. The van der Waals surface area contributed by atoms with Crippen molar-refractivity contribution in [1.82, 2.24) is 20.2 Å². The molecule has 0 saturated carbocycles. The Morgan fingerprint density at radius 1 is 1.26 bits per heavy atom. The highest BCUT2D eigenvalue weighted by molar-refractivity contribution is 7.56. The van der Waals surface area contributed by atoms with E-state index >= 15 is 0 Å². The van der Waals surface area contributed by atoms with Crippen LogP contribution in [0.2, 0.25) is 0 Å². The first-order valence-corrected chi connectivity index (χ1v) is 11.1. The van der Waals surface area contributed by atoms with Crippen LogP contribution in [0.5, 0.6) is 0 Å². The van der Waals surface area contributed by atoms with Gasteiger partial charge in [0.15, 0.2) is 0 Å². The molecule has 3 rings (SSSR count). The number of hydrogen-bond acceptors (Lipinski definition) is 6. The van der Waals surface area contributed by atoms with Crippen molar-refractivity contribution in [1.29, 1.82) is 0 Å². The highest BCUT2D eigenvalue weighted by Gasteiger charge is 2.35. The molecule has 1 N–H and O–H groups in total. The quantitative estimate of drug-likeness (QED) is 0.256. The molecule has 0 spiro atoms. The Balaban J connectivity index is 1.72. The first-order chi connectivity index (χ1) is 14.6. The summed E-state index contributed by atoms with van der Waals surface area (Å²) in [5.74, 6) is -2.69. The number of nitrogens with zero attached hydrogens (tertiary/aromatic N) is 3. The fourth-order valence-corrected chi connectivity index (χ4v) is 4.36. The fraction of sp³-hybridized carbons (Fsp3) is 0.278. The van der Waals surface area contributed by atoms with Gasteiger partial charge in [-0.15, -0.1) is 0 Å². The molecule has 0 fully saturated rings. The van der Waals surface area contributed by atoms with Gasteiger partial charge in [0.05, 0.1) is 18.5 Å². The van der Waals surface area contributed by atoms with Crippen LogP contribution in [0.25, 0.3) is 11.4 Å². The van der Waals surface area contributed by atoms with Crippen LogP contribution in [0.4, 0.5) is 17.6 Å². The number of benzene rings is 1. The Kier molecular flexibility index (Phi) is 7.10. The molecule has 1 atom stereocenters. The van der Waals surface area contributed by atoms with Crippen LogP contribution in [0.1, 0.15) is 24.1 Å². The second kappa shape index (κ2) is 9.44. The Bertz CT molecular complexity index is 1090.